The van der Waals surface area contributed by atoms with Crippen LogP contribution in [-0.4, -0.2) is 38.8 Å². The highest BCUT2D eigenvalue weighted by Gasteiger charge is 2.01. The molecular formula is C4H8O7. The molecule has 0 fully saturated rings. The molecule has 0 radical (unpaired) electrons. The third-order valence-corrected chi connectivity index (χ3v) is 0.435. The molecule has 0 bridgehead atoms. The van der Waals surface area contributed by atoms with Crippen molar-refractivity contribution in [2.75, 3.05) is 0 Å². The van der Waals surface area contributed by atoms with Crippen molar-refractivity contribution in [2.45, 2.75) is 13.0 Å². The third kappa shape index (κ3) is 17.7. The topological polar surface area (TPSA) is 124 Å². The first-order valence-electron chi connectivity index (χ1n) is 2.37. The standard InChI is InChI=1S/C3H6O3.CH2O4/c1-2(4)3(5)6;2-1(3)5-4/h2,4H,1H3,(H,5,6);4H,(H,2,3). The van der Waals surface area contributed by atoms with E-state index in [1.807, 2.05) is 0 Å². The number of carboxylic acid groups (broad SMARTS) is 2. The lowest BCUT2D eigenvalue weighted by atomic mass is 10.4. The number of aliphatic carboxylic acids is 1. The highest BCUT2D eigenvalue weighted by molar-refractivity contribution is 5.71. The minimum atomic E-state index is -1.69. The van der Waals surface area contributed by atoms with Crippen molar-refractivity contribution < 1.29 is 35.1 Å². The Morgan fingerprint density at radius 2 is 1.55 bits per heavy atom. The quantitative estimate of drug-likeness (QED) is 0.310. The highest BCUT2D eigenvalue weighted by atomic mass is 17.1. The van der Waals surface area contributed by atoms with Gasteiger partial charge in [0.15, 0.2) is 0 Å². The lowest BCUT2D eigenvalue weighted by molar-refractivity contribution is -0.194. The van der Waals surface area contributed by atoms with Crippen LogP contribution in [0.2, 0.25) is 0 Å². The first-order chi connectivity index (χ1) is 4.91. The summed E-state index contributed by atoms with van der Waals surface area (Å²) in [5.41, 5.74) is 0. The van der Waals surface area contributed by atoms with Crippen LogP contribution in [0.3, 0.4) is 0 Å². The van der Waals surface area contributed by atoms with E-state index in [0.29, 0.717) is 0 Å². The van der Waals surface area contributed by atoms with Gasteiger partial charge in [0, 0.05) is 0 Å². The van der Waals surface area contributed by atoms with Crippen LogP contribution < -0.4 is 0 Å². The lowest BCUT2D eigenvalue weighted by Gasteiger charge is -1.89. The van der Waals surface area contributed by atoms with Crippen molar-refractivity contribution in [3.05, 3.63) is 0 Å². The van der Waals surface area contributed by atoms with E-state index in [0.717, 1.165) is 0 Å². The van der Waals surface area contributed by atoms with Crippen LogP contribution in [0.4, 0.5) is 4.79 Å². The number of rotatable bonds is 1. The maximum atomic E-state index is 9.45. The smallest absolute Gasteiger partial charge is 0.479 e. The van der Waals surface area contributed by atoms with Crippen LogP contribution in [0.1, 0.15) is 6.92 Å². The highest BCUT2D eigenvalue weighted by Crippen LogP contribution is 1.73. The zero-order chi connectivity index (χ0) is 9.44. The lowest BCUT2D eigenvalue weighted by Crippen LogP contribution is -2.13. The van der Waals surface area contributed by atoms with Crippen molar-refractivity contribution >= 4 is 12.1 Å². The molecule has 0 heterocycles. The fraction of sp³-hybridized carbons (Fsp3) is 0.500. The summed E-state index contributed by atoms with van der Waals surface area (Å²) in [7, 11) is 0. The Hall–Kier alpha value is -1.34. The molecule has 0 aliphatic heterocycles. The van der Waals surface area contributed by atoms with E-state index in [4.69, 9.17) is 25.4 Å². The number of hydrogen-bond donors (Lipinski definition) is 4. The third-order valence-electron chi connectivity index (χ3n) is 0.435. The molecule has 7 heteroatoms. The van der Waals surface area contributed by atoms with E-state index >= 15 is 0 Å². The van der Waals surface area contributed by atoms with Gasteiger partial charge in [-0.1, -0.05) is 0 Å². The summed E-state index contributed by atoms with van der Waals surface area (Å²) in [6.07, 6.45) is -2.92. The average Bonchev–Trinajstić information content (AvgIpc) is 1.89. The van der Waals surface area contributed by atoms with E-state index in [9.17, 15) is 4.79 Å². The second-order valence-electron chi connectivity index (χ2n) is 1.37. The van der Waals surface area contributed by atoms with Gasteiger partial charge in [-0.2, -0.15) is 5.26 Å². The van der Waals surface area contributed by atoms with E-state index < -0.39 is 18.2 Å². The second kappa shape index (κ2) is 6.78. The average molecular weight is 168 g/mol. The maximum Gasteiger partial charge on any atom is 0.537 e. The zero-order valence-corrected chi connectivity index (χ0v) is 5.59. The fourth-order valence-electron chi connectivity index (χ4n) is 0. The molecule has 0 aliphatic carbocycles. The van der Waals surface area contributed by atoms with Crippen LogP contribution in [0, 0.1) is 0 Å². The number of hydrogen-bond acceptors (Lipinski definition) is 5. The van der Waals surface area contributed by atoms with Gasteiger partial charge in [0.05, 0.1) is 0 Å². The van der Waals surface area contributed by atoms with Crippen LogP contribution >= 0.6 is 0 Å². The Morgan fingerprint density at radius 3 is 1.55 bits per heavy atom. The normalized spacial score (nSPS) is 10.5. The summed E-state index contributed by atoms with van der Waals surface area (Å²) in [4.78, 5) is 21.0. The molecule has 7 nitrogen and oxygen atoms in total. The minimum absolute atomic E-state index is 1.19. The molecule has 0 aromatic heterocycles. The molecule has 0 aromatic carbocycles. The molecule has 4 N–H and O–H groups in total. The van der Waals surface area contributed by atoms with Gasteiger partial charge in [0.2, 0.25) is 0 Å². The summed E-state index contributed by atoms with van der Waals surface area (Å²) in [6.45, 7) is 1.20. The molecule has 0 aromatic rings. The SMILES string of the molecule is CC(O)C(=O)O.O=C(O)OO. The molecule has 0 aliphatic rings. The summed E-state index contributed by atoms with van der Waals surface area (Å²) < 4.78 is 0. The van der Waals surface area contributed by atoms with E-state index in [-0.39, 0.29) is 0 Å². The van der Waals surface area contributed by atoms with Crippen LogP contribution in [-0.2, 0) is 9.68 Å². The molecule has 1 atom stereocenters. The van der Waals surface area contributed by atoms with Gasteiger partial charge in [-0.25, -0.2) is 9.59 Å². The minimum Gasteiger partial charge on any atom is -0.479 e. The number of carbonyl (C=O) groups is 2. The molecule has 66 valence electrons. The van der Waals surface area contributed by atoms with Gasteiger partial charge in [-0.15, -0.1) is 0 Å². The monoisotopic (exact) mass is 168 g/mol. The molecule has 11 heavy (non-hydrogen) atoms. The van der Waals surface area contributed by atoms with Gasteiger partial charge < -0.3 is 15.3 Å². The number of aliphatic hydroxyl groups excluding tert-OH is 1. The van der Waals surface area contributed by atoms with Crippen molar-refractivity contribution in [1.82, 2.24) is 0 Å². The molecule has 0 spiro atoms. The second-order valence-corrected chi connectivity index (χ2v) is 1.37. The molecule has 1 unspecified atom stereocenters. The molecule has 0 saturated heterocycles. The van der Waals surface area contributed by atoms with E-state index in [1.54, 1.807) is 0 Å². The summed E-state index contributed by atoms with van der Waals surface area (Å²) in [6, 6.07) is 0. The molecule has 0 saturated carbocycles. The fourth-order valence-corrected chi connectivity index (χ4v) is 0. The van der Waals surface area contributed by atoms with Crippen LogP contribution in [0.15, 0.2) is 0 Å². The largest absolute Gasteiger partial charge is 0.537 e. The van der Waals surface area contributed by atoms with E-state index in [2.05, 4.69) is 4.89 Å². The van der Waals surface area contributed by atoms with Crippen LogP contribution in [0.25, 0.3) is 0 Å². The number of carboxylic acids is 1. The summed E-state index contributed by atoms with van der Waals surface area (Å²) in [5.74, 6) is -1.19. The van der Waals surface area contributed by atoms with Gasteiger partial charge >= 0.3 is 12.1 Å². The van der Waals surface area contributed by atoms with E-state index in [1.165, 1.54) is 6.92 Å². The van der Waals surface area contributed by atoms with Crippen molar-refractivity contribution in [3.8, 4) is 0 Å². The Labute approximate surface area is 61.4 Å². The number of aliphatic hydroxyl groups is 1. The molecule has 0 amide bonds. The Kier molecular flexibility index (Phi) is 7.61. The van der Waals surface area contributed by atoms with Gasteiger partial charge in [0.1, 0.15) is 6.10 Å². The first-order valence-corrected chi connectivity index (χ1v) is 2.37. The summed E-state index contributed by atoms with van der Waals surface area (Å²) in [5, 5.41) is 30.1. The van der Waals surface area contributed by atoms with Gasteiger partial charge in [-0.05, 0) is 6.92 Å². The molecular weight excluding hydrogens is 160 g/mol. The van der Waals surface area contributed by atoms with Crippen LogP contribution in [0.5, 0.6) is 0 Å². The maximum absolute atomic E-state index is 9.45. The summed E-state index contributed by atoms with van der Waals surface area (Å²) >= 11 is 0. The predicted molar refractivity (Wildman–Crippen MR) is 31.1 cm³/mol. The molecule has 0 rings (SSSR count). The first kappa shape index (κ1) is 12.3. The van der Waals surface area contributed by atoms with Crippen molar-refractivity contribution in [2.24, 2.45) is 0 Å². The Morgan fingerprint density at radius 1 is 1.36 bits per heavy atom. The van der Waals surface area contributed by atoms with Crippen molar-refractivity contribution in [1.29, 1.82) is 0 Å². The Balaban J connectivity index is 0. The Bertz CT molecular complexity index is 128. The van der Waals surface area contributed by atoms with Crippen molar-refractivity contribution in [3.63, 3.8) is 0 Å². The predicted octanol–water partition coefficient (Wildman–Crippen LogP) is -0.394. The van der Waals surface area contributed by atoms with Gasteiger partial charge in [-0.3, -0.25) is 4.89 Å². The van der Waals surface area contributed by atoms with Gasteiger partial charge in [0.25, 0.3) is 0 Å². The zero-order valence-electron chi connectivity index (χ0n) is 5.59.